The van der Waals surface area contributed by atoms with Crippen LogP contribution in [-0.2, 0) is 21.2 Å². The lowest BCUT2D eigenvalue weighted by atomic mass is 10.1. The number of hydrazone groups is 1. The minimum atomic E-state index is -3.93. The lowest BCUT2D eigenvalue weighted by Crippen LogP contribution is -2.46. The van der Waals surface area contributed by atoms with E-state index in [1.807, 2.05) is 61.5 Å². The molecule has 1 amide bonds. The third-order valence-corrected chi connectivity index (χ3v) is 7.52. The Labute approximate surface area is 226 Å². The van der Waals surface area contributed by atoms with E-state index in [9.17, 15) is 13.2 Å². The quantitative estimate of drug-likeness (QED) is 0.155. The molecule has 0 heterocycles. The van der Waals surface area contributed by atoms with Crippen LogP contribution in [0.25, 0.3) is 0 Å². The first kappa shape index (κ1) is 29.1. The Balaban J connectivity index is 1.68. The molecule has 202 valence electrons. The van der Waals surface area contributed by atoms with Gasteiger partial charge in [-0.05, 0) is 49.6 Å². The molecule has 0 radical (unpaired) electrons. The predicted octanol–water partition coefficient (Wildman–Crippen LogP) is 5.38. The lowest BCUT2D eigenvalue weighted by molar-refractivity contribution is -0.122. The van der Waals surface area contributed by atoms with Crippen molar-refractivity contribution in [3.8, 4) is 5.75 Å². The summed E-state index contributed by atoms with van der Waals surface area (Å²) in [4.78, 5) is 13.2. The van der Waals surface area contributed by atoms with Crippen molar-refractivity contribution in [3.05, 3.63) is 95.6 Å². The summed E-state index contributed by atoms with van der Waals surface area (Å²) in [6, 6.07) is 22.1. The monoisotopic (exact) mass is 535 g/mol. The van der Waals surface area contributed by atoms with Gasteiger partial charge in [0.1, 0.15) is 11.8 Å². The molecule has 3 aromatic rings. The number of amides is 1. The number of hydrogen-bond donors (Lipinski definition) is 2. The molecule has 3 aromatic carbocycles. The van der Waals surface area contributed by atoms with Crippen molar-refractivity contribution in [3.63, 3.8) is 0 Å². The summed E-state index contributed by atoms with van der Waals surface area (Å²) in [5, 5.41) is 4.11. The number of nitrogens with zero attached hydrogens (tertiary/aromatic N) is 1. The molecule has 0 fully saturated rings. The maximum atomic E-state index is 13.1. The zero-order chi connectivity index (χ0) is 27.2. The maximum absolute atomic E-state index is 13.1. The molecule has 0 saturated carbocycles. The molecule has 0 aliphatic heterocycles. The number of ether oxygens (including phenoxy) is 1. The van der Waals surface area contributed by atoms with E-state index in [1.54, 1.807) is 12.1 Å². The van der Waals surface area contributed by atoms with Crippen LogP contribution in [0.4, 0.5) is 0 Å². The molecule has 8 heteroatoms. The molecule has 1 atom stereocenters. The zero-order valence-electron chi connectivity index (χ0n) is 22.1. The average Bonchev–Trinajstić information content (AvgIpc) is 2.91. The second kappa shape index (κ2) is 15.1. The standard InChI is InChI=1S/C30H37N3O4S/c1-3-4-5-6-12-21-37-29-16-11-10-15-26(29)23-31-32-30(34)28(22-25-13-8-7-9-14-25)33-38(35,36)27-19-17-24(2)18-20-27/h7-11,13-20,23,28,33H,3-6,12,21-22H2,1-2H3,(H,32,34). The van der Waals surface area contributed by atoms with Crippen molar-refractivity contribution in [2.75, 3.05) is 6.61 Å². The van der Waals surface area contributed by atoms with Gasteiger partial charge in [0.25, 0.3) is 5.91 Å². The molecule has 0 bridgehead atoms. The molecule has 38 heavy (non-hydrogen) atoms. The molecule has 0 aliphatic carbocycles. The van der Waals surface area contributed by atoms with E-state index in [2.05, 4.69) is 22.2 Å². The third kappa shape index (κ3) is 9.43. The van der Waals surface area contributed by atoms with Crippen molar-refractivity contribution < 1.29 is 17.9 Å². The van der Waals surface area contributed by atoms with Gasteiger partial charge in [-0.3, -0.25) is 4.79 Å². The fourth-order valence-electron chi connectivity index (χ4n) is 3.86. The Hall–Kier alpha value is -3.49. The van der Waals surface area contributed by atoms with Gasteiger partial charge >= 0.3 is 0 Å². The van der Waals surface area contributed by atoms with Crippen LogP contribution in [0.1, 0.15) is 55.7 Å². The summed E-state index contributed by atoms with van der Waals surface area (Å²) in [6.07, 6.45) is 7.42. The van der Waals surface area contributed by atoms with Crippen LogP contribution in [-0.4, -0.2) is 33.2 Å². The first-order valence-electron chi connectivity index (χ1n) is 13.1. The molecule has 1 unspecified atom stereocenters. The van der Waals surface area contributed by atoms with E-state index in [0.29, 0.717) is 12.4 Å². The van der Waals surface area contributed by atoms with Crippen LogP contribution in [0.3, 0.4) is 0 Å². The summed E-state index contributed by atoms with van der Waals surface area (Å²) in [5.41, 5.74) is 4.99. The normalized spacial score (nSPS) is 12.4. The molecular formula is C30H37N3O4S. The smallest absolute Gasteiger partial charge is 0.258 e. The summed E-state index contributed by atoms with van der Waals surface area (Å²) < 4.78 is 34.5. The Morgan fingerprint density at radius 1 is 0.921 bits per heavy atom. The van der Waals surface area contributed by atoms with Gasteiger partial charge in [0, 0.05) is 5.56 Å². The minimum absolute atomic E-state index is 0.0956. The third-order valence-electron chi connectivity index (χ3n) is 6.03. The van der Waals surface area contributed by atoms with Gasteiger partial charge in [-0.15, -0.1) is 0 Å². The number of benzene rings is 3. The van der Waals surface area contributed by atoms with Crippen LogP contribution < -0.4 is 14.9 Å². The zero-order valence-corrected chi connectivity index (χ0v) is 22.9. The first-order valence-corrected chi connectivity index (χ1v) is 14.5. The van der Waals surface area contributed by atoms with E-state index < -0.39 is 22.0 Å². The Morgan fingerprint density at radius 2 is 1.61 bits per heavy atom. The van der Waals surface area contributed by atoms with Crippen LogP contribution in [0.5, 0.6) is 5.75 Å². The van der Waals surface area contributed by atoms with Gasteiger partial charge in [0.15, 0.2) is 0 Å². The minimum Gasteiger partial charge on any atom is -0.493 e. The van der Waals surface area contributed by atoms with E-state index >= 15 is 0 Å². The highest BCUT2D eigenvalue weighted by molar-refractivity contribution is 7.89. The van der Waals surface area contributed by atoms with Crippen molar-refractivity contribution in [1.82, 2.24) is 10.1 Å². The molecule has 0 aliphatic rings. The van der Waals surface area contributed by atoms with Gasteiger partial charge in [0.05, 0.1) is 17.7 Å². The van der Waals surface area contributed by atoms with E-state index in [0.717, 1.165) is 29.5 Å². The van der Waals surface area contributed by atoms with E-state index in [-0.39, 0.29) is 11.3 Å². The van der Waals surface area contributed by atoms with Crippen LogP contribution in [0.15, 0.2) is 88.9 Å². The first-order chi connectivity index (χ1) is 18.4. The molecular weight excluding hydrogens is 498 g/mol. The maximum Gasteiger partial charge on any atom is 0.258 e. The SMILES string of the molecule is CCCCCCCOc1ccccc1C=NNC(=O)C(Cc1ccccc1)NS(=O)(=O)c1ccc(C)cc1. The second-order valence-electron chi connectivity index (χ2n) is 9.21. The van der Waals surface area contributed by atoms with E-state index in [1.165, 1.54) is 37.6 Å². The summed E-state index contributed by atoms with van der Waals surface area (Å²) in [5.74, 6) is 0.122. The Kier molecular flexibility index (Phi) is 11.5. The van der Waals surface area contributed by atoms with Crippen molar-refractivity contribution in [2.45, 2.75) is 63.3 Å². The van der Waals surface area contributed by atoms with Gasteiger partial charge in [-0.1, -0.05) is 92.8 Å². The molecule has 0 aromatic heterocycles. The number of aryl methyl sites for hydroxylation is 1. The van der Waals surface area contributed by atoms with Gasteiger partial charge in [-0.25, -0.2) is 13.8 Å². The van der Waals surface area contributed by atoms with Crippen LogP contribution >= 0.6 is 0 Å². The van der Waals surface area contributed by atoms with Gasteiger partial charge in [-0.2, -0.15) is 9.82 Å². The average molecular weight is 536 g/mol. The fraction of sp³-hybridized carbons (Fsp3) is 0.333. The Bertz CT molecular complexity index is 1280. The number of carbonyl (C=O) groups excluding carboxylic acids is 1. The number of sulfonamides is 1. The van der Waals surface area contributed by atoms with Crippen molar-refractivity contribution in [1.29, 1.82) is 0 Å². The largest absolute Gasteiger partial charge is 0.493 e. The number of hydrogen-bond acceptors (Lipinski definition) is 5. The van der Waals surface area contributed by atoms with Gasteiger partial charge in [0.2, 0.25) is 10.0 Å². The molecule has 7 nitrogen and oxygen atoms in total. The molecule has 2 N–H and O–H groups in total. The number of carbonyl (C=O) groups is 1. The fourth-order valence-corrected chi connectivity index (χ4v) is 5.06. The highest BCUT2D eigenvalue weighted by Gasteiger charge is 2.26. The van der Waals surface area contributed by atoms with Gasteiger partial charge < -0.3 is 4.74 Å². The highest BCUT2D eigenvalue weighted by atomic mass is 32.2. The van der Waals surface area contributed by atoms with Crippen LogP contribution in [0, 0.1) is 6.92 Å². The van der Waals surface area contributed by atoms with E-state index in [4.69, 9.17) is 4.74 Å². The van der Waals surface area contributed by atoms with Crippen molar-refractivity contribution in [2.24, 2.45) is 5.10 Å². The number of para-hydroxylation sites is 1. The Morgan fingerprint density at radius 3 is 2.34 bits per heavy atom. The van der Waals surface area contributed by atoms with Crippen LogP contribution in [0.2, 0.25) is 0 Å². The summed E-state index contributed by atoms with van der Waals surface area (Å²) >= 11 is 0. The second-order valence-corrected chi connectivity index (χ2v) is 10.9. The number of rotatable bonds is 15. The summed E-state index contributed by atoms with van der Waals surface area (Å²) in [7, 11) is -3.93. The molecule has 0 saturated heterocycles. The highest BCUT2D eigenvalue weighted by Crippen LogP contribution is 2.17. The lowest BCUT2D eigenvalue weighted by Gasteiger charge is -2.17. The van der Waals surface area contributed by atoms with Crippen molar-refractivity contribution >= 4 is 22.1 Å². The molecule has 0 spiro atoms. The number of nitrogens with one attached hydrogen (secondary N) is 2. The topological polar surface area (TPSA) is 96.9 Å². The molecule has 3 rings (SSSR count). The summed E-state index contributed by atoms with van der Waals surface area (Å²) in [6.45, 7) is 4.68. The number of unbranched alkanes of at least 4 members (excludes halogenated alkanes) is 4. The predicted molar refractivity (Wildman–Crippen MR) is 152 cm³/mol.